The number of nitrogens with zero attached hydrogens (tertiary/aromatic N) is 1. The Balaban J connectivity index is 1.69. The molecule has 0 radical (unpaired) electrons. The van der Waals surface area contributed by atoms with Crippen LogP contribution in [0.15, 0.2) is 0 Å². The molecule has 2 fully saturated rings. The van der Waals surface area contributed by atoms with Crippen molar-refractivity contribution in [2.24, 2.45) is 0 Å². The SMILES string of the molecule is COCCN1CCCC1CNC(=O)CC1(O)CCCC1. The number of ether oxygens (including phenoxy) is 1. The molecule has 5 heteroatoms. The maximum Gasteiger partial charge on any atom is 0.222 e. The molecule has 2 rings (SSSR count). The second kappa shape index (κ2) is 7.38. The fourth-order valence-electron chi connectivity index (χ4n) is 3.43. The molecule has 5 nitrogen and oxygen atoms in total. The molecule has 1 saturated heterocycles. The van der Waals surface area contributed by atoms with Crippen LogP contribution in [0.2, 0.25) is 0 Å². The molecular weight excluding hydrogens is 256 g/mol. The zero-order valence-electron chi connectivity index (χ0n) is 12.6. The van der Waals surface area contributed by atoms with E-state index in [0.717, 1.165) is 51.8 Å². The van der Waals surface area contributed by atoms with E-state index in [4.69, 9.17) is 4.74 Å². The Labute approximate surface area is 121 Å². The van der Waals surface area contributed by atoms with Crippen molar-refractivity contribution >= 4 is 5.91 Å². The molecule has 1 heterocycles. The van der Waals surface area contributed by atoms with Gasteiger partial charge in [-0.2, -0.15) is 0 Å². The van der Waals surface area contributed by atoms with Crippen LogP contribution < -0.4 is 5.32 Å². The standard InChI is InChI=1S/C15H28N2O3/c1-20-10-9-17-8-4-5-13(17)12-16-14(18)11-15(19)6-2-3-7-15/h13,19H,2-12H2,1H3,(H,16,18). The summed E-state index contributed by atoms with van der Waals surface area (Å²) < 4.78 is 5.12. The molecule has 2 aliphatic rings. The third-order valence-electron chi connectivity index (χ3n) is 4.64. The predicted octanol–water partition coefficient (Wildman–Crippen LogP) is 0.909. The van der Waals surface area contributed by atoms with E-state index >= 15 is 0 Å². The summed E-state index contributed by atoms with van der Waals surface area (Å²) in [5.74, 6) is -0.00649. The van der Waals surface area contributed by atoms with Crippen molar-refractivity contribution in [2.45, 2.75) is 56.6 Å². The smallest absolute Gasteiger partial charge is 0.222 e. The molecule has 116 valence electrons. The highest BCUT2D eigenvalue weighted by Crippen LogP contribution is 2.32. The molecule has 1 atom stereocenters. The third-order valence-corrected chi connectivity index (χ3v) is 4.64. The van der Waals surface area contributed by atoms with Gasteiger partial charge in [-0.15, -0.1) is 0 Å². The summed E-state index contributed by atoms with van der Waals surface area (Å²) in [6, 6.07) is 0.423. The highest BCUT2D eigenvalue weighted by atomic mass is 16.5. The Kier molecular flexibility index (Phi) is 5.81. The van der Waals surface area contributed by atoms with Gasteiger partial charge in [0.1, 0.15) is 0 Å². The lowest BCUT2D eigenvalue weighted by atomic mass is 9.97. The summed E-state index contributed by atoms with van der Waals surface area (Å²) in [5.41, 5.74) is -0.741. The van der Waals surface area contributed by atoms with Gasteiger partial charge >= 0.3 is 0 Å². The number of amides is 1. The molecule has 0 aromatic heterocycles. The second-order valence-corrected chi connectivity index (χ2v) is 6.24. The van der Waals surface area contributed by atoms with Crippen LogP contribution in [-0.2, 0) is 9.53 Å². The van der Waals surface area contributed by atoms with Gasteiger partial charge in [0.2, 0.25) is 5.91 Å². The summed E-state index contributed by atoms with van der Waals surface area (Å²) in [5, 5.41) is 13.2. The first-order valence-electron chi connectivity index (χ1n) is 7.85. The first kappa shape index (κ1) is 15.7. The molecular formula is C15H28N2O3. The van der Waals surface area contributed by atoms with Gasteiger partial charge in [-0.1, -0.05) is 12.8 Å². The zero-order chi connectivity index (χ0) is 14.4. The van der Waals surface area contributed by atoms with E-state index in [0.29, 0.717) is 12.6 Å². The van der Waals surface area contributed by atoms with Crippen LogP contribution in [0.5, 0.6) is 0 Å². The van der Waals surface area contributed by atoms with Gasteiger partial charge in [-0.3, -0.25) is 9.69 Å². The monoisotopic (exact) mass is 284 g/mol. The zero-order valence-corrected chi connectivity index (χ0v) is 12.6. The molecule has 1 amide bonds. The van der Waals surface area contributed by atoms with Crippen molar-refractivity contribution in [3.8, 4) is 0 Å². The fourth-order valence-corrected chi connectivity index (χ4v) is 3.43. The number of aliphatic hydroxyl groups is 1. The Morgan fingerprint density at radius 2 is 2.15 bits per heavy atom. The van der Waals surface area contributed by atoms with E-state index in [1.54, 1.807) is 7.11 Å². The summed E-state index contributed by atoms with van der Waals surface area (Å²) >= 11 is 0. The van der Waals surface area contributed by atoms with Crippen LogP contribution in [0.3, 0.4) is 0 Å². The molecule has 1 aliphatic carbocycles. The summed E-state index contributed by atoms with van der Waals surface area (Å²) in [4.78, 5) is 14.4. The van der Waals surface area contributed by atoms with Crippen molar-refractivity contribution < 1.29 is 14.6 Å². The van der Waals surface area contributed by atoms with Crippen LogP contribution in [0.4, 0.5) is 0 Å². The lowest BCUT2D eigenvalue weighted by molar-refractivity contribution is -0.126. The number of rotatable bonds is 7. The molecule has 0 bridgehead atoms. The van der Waals surface area contributed by atoms with Crippen LogP contribution in [0, 0.1) is 0 Å². The topological polar surface area (TPSA) is 61.8 Å². The Bertz CT molecular complexity index is 316. The fraction of sp³-hybridized carbons (Fsp3) is 0.933. The highest BCUT2D eigenvalue weighted by Gasteiger charge is 2.33. The van der Waals surface area contributed by atoms with Gasteiger partial charge in [0.15, 0.2) is 0 Å². The van der Waals surface area contributed by atoms with Gasteiger partial charge in [0, 0.05) is 26.2 Å². The normalized spacial score (nSPS) is 26.0. The first-order valence-corrected chi connectivity index (χ1v) is 7.85. The number of hydrogen-bond acceptors (Lipinski definition) is 4. The van der Waals surface area contributed by atoms with Crippen LogP contribution in [0.25, 0.3) is 0 Å². The minimum atomic E-state index is -0.741. The number of likely N-dealkylation sites (tertiary alicyclic amines) is 1. The van der Waals surface area contributed by atoms with Crippen molar-refractivity contribution in [3.63, 3.8) is 0 Å². The lowest BCUT2D eigenvalue weighted by Crippen LogP contribution is -2.43. The van der Waals surface area contributed by atoms with Gasteiger partial charge in [0.05, 0.1) is 18.6 Å². The molecule has 1 aliphatic heterocycles. The molecule has 1 saturated carbocycles. The van der Waals surface area contributed by atoms with Crippen molar-refractivity contribution in [1.29, 1.82) is 0 Å². The summed E-state index contributed by atoms with van der Waals surface area (Å²) in [6.45, 7) is 3.46. The minimum absolute atomic E-state index is 0.00649. The predicted molar refractivity (Wildman–Crippen MR) is 77.5 cm³/mol. The van der Waals surface area contributed by atoms with Crippen LogP contribution in [-0.4, -0.2) is 60.9 Å². The molecule has 20 heavy (non-hydrogen) atoms. The summed E-state index contributed by atoms with van der Waals surface area (Å²) in [7, 11) is 1.72. The first-order chi connectivity index (χ1) is 9.63. The van der Waals surface area contributed by atoms with Gasteiger partial charge in [-0.05, 0) is 32.2 Å². The molecule has 1 unspecified atom stereocenters. The second-order valence-electron chi connectivity index (χ2n) is 6.24. The van der Waals surface area contributed by atoms with Crippen molar-refractivity contribution in [2.75, 3.05) is 33.4 Å². The molecule has 0 aromatic rings. The average molecular weight is 284 g/mol. The van der Waals surface area contributed by atoms with Gasteiger partial charge in [0.25, 0.3) is 0 Å². The number of carbonyl (C=O) groups excluding carboxylic acids is 1. The average Bonchev–Trinajstić information content (AvgIpc) is 3.03. The quantitative estimate of drug-likeness (QED) is 0.729. The summed E-state index contributed by atoms with van der Waals surface area (Å²) in [6.07, 6.45) is 6.20. The Morgan fingerprint density at radius 3 is 2.85 bits per heavy atom. The van der Waals surface area contributed by atoms with E-state index in [1.807, 2.05) is 0 Å². The van der Waals surface area contributed by atoms with Gasteiger partial charge in [-0.25, -0.2) is 0 Å². The van der Waals surface area contributed by atoms with Crippen molar-refractivity contribution in [1.82, 2.24) is 10.2 Å². The van der Waals surface area contributed by atoms with E-state index in [-0.39, 0.29) is 12.3 Å². The Hall–Kier alpha value is -0.650. The minimum Gasteiger partial charge on any atom is -0.389 e. The lowest BCUT2D eigenvalue weighted by Gasteiger charge is -2.25. The number of carbonyl (C=O) groups is 1. The van der Waals surface area contributed by atoms with E-state index in [1.165, 1.54) is 6.42 Å². The maximum atomic E-state index is 12.0. The number of nitrogens with one attached hydrogen (secondary N) is 1. The molecule has 0 spiro atoms. The maximum absolute atomic E-state index is 12.0. The van der Waals surface area contributed by atoms with E-state index in [9.17, 15) is 9.90 Å². The number of hydrogen-bond donors (Lipinski definition) is 2. The van der Waals surface area contributed by atoms with Gasteiger partial charge < -0.3 is 15.2 Å². The molecule has 2 N–H and O–H groups in total. The van der Waals surface area contributed by atoms with E-state index < -0.39 is 5.60 Å². The Morgan fingerprint density at radius 1 is 1.40 bits per heavy atom. The highest BCUT2D eigenvalue weighted by molar-refractivity contribution is 5.77. The van der Waals surface area contributed by atoms with Crippen molar-refractivity contribution in [3.05, 3.63) is 0 Å². The van der Waals surface area contributed by atoms with Crippen LogP contribution >= 0.6 is 0 Å². The van der Waals surface area contributed by atoms with E-state index in [2.05, 4.69) is 10.2 Å². The largest absolute Gasteiger partial charge is 0.389 e. The molecule has 0 aromatic carbocycles. The number of methoxy groups -OCH3 is 1. The third kappa shape index (κ3) is 4.43. The van der Waals surface area contributed by atoms with Crippen LogP contribution in [0.1, 0.15) is 44.9 Å².